The van der Waals surface area contributed by atoms with Crippen LogP contribution in [0.25, 0.3) is 0 Å². The molecule has 0 radical (unpaired) electrons. The van der Waals surface area contributed by atoms with Crippen molar-refractivity contribution in [3.8, 4) is 11.5 Å². The molecule has 2 saturated heterocycles. The average Bonchev–Trinajstić information content (AvgIpc) is 3.65. The summed E-state index contributed by atoms with van der Waals surface area (Å²) < 4.78 is 20.9. The van der Waals surface area contributed by atoms with Crippen molar-refractivity contribution >= 4 is 41.1 Å². The third kappa shape index (κ3) is 6.56. The summed E-state index contributed by atoms with van der Waals surface area (Å²) >= 11 is 0. The zero-order valence-electron chi connectivity index (χ0n) is 24.7. The minimum atomic E-state index is -1.09. The molecule has 0 bridgehead atoms. The average molecular weight is 603 g/mol. The predicted molar refractivity (Wildman–Crippen MR) is 161 cm³/mol. The van der Waals surface area contributed by atoms with Crippen LogP contribution >= 0.6 is 0 Å². The number of carbonyl (C=O) groups is 3. The molecule has 2 N–H and O–H groups in total. The van der Waals surface area contributed by atoms with Gasteiger partial charge in [-0.05, 0) is 69.7 Å². The number of rotatable bonds is 10. The molecule has 13 heteroatoms. The number of imide groups is 1. The minimum absolute atomic E-state index is 0.0288. The van der Waals surface area contributed by atoms with E-state index in [9.17, 15) is 14.4 Å². The van der Waals surface area contributed by atoms with Crippen molar-refractivity contribution in [1.29, 1.82) is 0 Å². The van der Waals surface area contributed by atoms with E-state index < -0.39 is 23.5 Å². The summed E-state index contributed by atoms with van der Waals surface area (Å²) in [5, 5.41) is 5.78. The smallest absolute Gasteiger partial charge is 0.326 e. The Hall–Kier alpha value is -4.81. The summed E-state index contributed by atoms with van der Waals surface area (Å²) in [5.74, 6) is -0.645. The lowest BCUT2D eigenvalue weighted by Crippen LogP contribution is -2.61. The molecular formula is C31H35FN8O4. The second kappa shape index (κ2) is 12.4. The quantitative estimate of drug-likeness (QED) is 0.315. The lowest BCUT2D eigenvalue weighted by Gasteiger charge is -2.40. The zero-order chi connectivity index (χ0) is 30.8. The van der Waals surface area contributed by atoms with E-state index in [-0.39, 0.29) is 36.0 Å². The summed E-state index contributed by atoms with van der Waals surface area (Å²) in [6, 6.07) is 8.44. The molecule has 1 unspecified atom stereocenters. The van der Waals surface area contributed by atoms with E-state index in [1.807, 2.05) is 13.8 Å². The Labute approximate surface area is 254 Å². The van der Waals surface area contributed by atoms with Gasteiger partial charge in [0.25, 0.3) is 0 Å². The number of urea groups is 1. The van der Waals surface area contributed by atoms with Crippen molar-refractivity contribution in [2.24, 2.45) is 11.8 Å². The van der Waals surface area contributed by atoms with Gasteiger partial charge in [0, 0.05) is 62.4 Å². The van der Waals surface area contributed by atoms with E-state index in [1.165, 1.54) is 28.1 Å². The minimum Gasteiger partial charge on any atom is -0.454 e. The molecule has 4 amide bonds. The van der Waals surface area contributed by atoms with Crippen molar-refractivity contribution in [3.63, 3.8) is 0 Å². The third-order valence-corrected chi connectivity index (χ3v) is 7.94. The van der Waals surface area contributed by atoms with Crippen LogP contribution in [0, 0.1) is 17.7 Å². The number of hydrogen-bond acceptors (Lipinski definition) is 9. The first-order valence-electron chi connectivity index (χ1n) is 15.0. The molecule has 3 fully saturated rings. The lowest BCUT2D eigenvalue weighted by atomic mass is 10.0. The molecule has 2 aromatic heterocycles. The number of nitrogens with zero attached hydrogens (tertiary/aromatic N) is 6. The second-order valence-electron chi connectivity index (χ2n) is 11.6. The molecule has 44 heavy (non-hydrogen) atoms. The van der Waals surface area contributed by atoms with E-state index in [0.29, 0.717) is 29.9 Å². The van der Waals surface area contributed by atoms with Gasteiger partial charge in [-0.3, -0.25) is 14.5 Å². The Bertz CT molecular complexity index is 1560. The molecule has 4 heterocycles. The molecule has 230 valence electrons. The SMILES string of the molecule is CC(C)N1CC(C(=O)Nc2ccc(Oc3ccnc(Nc4ccnc(N5CCCC5)n4)c3)c(F)c2)C(=O)N(CC2CC2)C1=O. The lowest BCUT2D eigenvalue weighted by molar-refractivity contribution is -0.142. The maximum absolute atomic E-state index is 15.1. The fraction of sp³-hybridized carbons (Fsp3) is 0.419. The first kappa shape index (κ1) is 29.3. The summed E-state index contributed by atoms with van der Waals surface area (Å²) in [7, 11) is 0. The van der Waals surface area contributed by atoms with Gasteiger partial charge in [0.2, 0.25) is 17.8 Å². The van der Waals surface area contributed by atoms with Gasteiger partial charge >= 0.3 is 6.03 Å². The fourth-order valence-electron chi connectivity index (χ4n) is 5.32. The Balaban J connectivity index is 1.10. The maximum Gasteiger partial charge on any atom is 0.326 e. The maximum atomic E-state index is 15.1. The molecular weight excluding hydrogens is 567 g/mol. The van der Waals surface area contributed by atoms with Crippen molar-refractivity contribution in [2.75, 3.05) is 41.7 Å². The molecule has 3 aliphatic rings. The van der Waals surface area contributed by atoms with Gasteiger partial charge in [-0.2, -0.15) is 4.98 Å². The Morgan fingerprint density at radius 2 is 1.82 bits per heavy atom. The van der Waals surface area contributed by atoms with Crippen LogP contribution < -0.4 is 20.3 Å². The Morgan fingerprint density at radius 3 is 2.55 bits per heavy atom. The highest BCUT2D eigenvalue weighted by molar-refractivity contribution is 6.12. The van der Waals surface area contributed by atoms with Crippen LogP contribution in [-0.4, -0.2) is 74.8 Å². The fourth-order valence-corrected chi connectivity index (χ4v) is 5.32. The van der Waals surface area contributed by atoms with E-state index in [0.717, 1.165) is 44.8 Å². The molecule has 0 spiro atoms. The van der Waals surface area contributed by atoms with Gasteiger partial charge < -0.3 is 25.2 Å². The monoisotopic (exact) mass is 602 g/mol. The highest BCUT2D eigenvalue weighted by Crippen LogP contribution is 2.33. The van der Waals surface area contributed by atoms with Gasteiger partial charge in [-0.15, -0.1) is 0 Å². The van der Waals surface area contributed by atoms with Crippen molar-refractivity contribution in [1.82, 2.24) is 24.8 Å². The number of pyridine rings is 1. The van der Waals surface area contributed by atoms with Crippen molar-refractivity contribution < 1.29 is 23.5 Å². The van der Waals surface area contributed by atoms with E-state index in [4.69, 9.17) is 4.74 Å². The summed E-state index contributed by atoms with van der Waals surface area (Å²) in [5.41, 5.74) is 0.170. The van der Waals surface area contributed by atoms with Crippen LogP contribution in [-0.2, 0) is 9.59 Å². The topological polar surface area (TPSA) is 133 Å². The first-order chi connectivity index (χ1) is 21.2. The van der Waals surface area contributed by atoms with Gasteiger partial charge in [0.1, 0.15) is 23.3 Å². The number of ether oxygens (including phenoxy) is 1. The number of halogens is 1. The van der Waals surface area contributed by atoms with E-state index in [2.05, 4.69) is 30.5 Å². The highest BCUT2D eigenvalue weighted by Gasteiger charge is 2.45. The van der Waals surface area contributed by atoms with Crippen LogP contribution in [0.3, 0.4) is 0 Å². The predicted octanol–water partition coefficient (Wildman–Crippen LogP) is 4.78. The molecule has 1 saturated carbocycles. The molecule has 1 atom stereocenters. The zero-order valence-corrected chi connectivity index (χ0v) is 24.7. The van der Waals surface area contributed by atoms with Crippen molar-refractivity contribution in [3.05, 3.63) is 54.6 Å². The Morgan fingerprint density at radius 1 is 1.05 bits per heavy atom. The standard InChI is InChI=1S/C31H35FN8O4/c1-19(2)39-18-23(29(42)40(31(39)43)17-20-5-6-20)28(41)35-21-7-8-25(24(32)15-21)44-22-9-11-33-27(16-22)36-26-10-12-34-30(37-26)38-13-3-4-14-38/h7-12,15-16,19-20,23H,3-6,13-14,17-18H2,1-2H3,(H,35,41)(H,33,34,36,37). The van der Waals surface area contributed by atoms with Gasteiger partial charge in [-0.25, -0.2) is 19.2 Å². The van der Waals surface area contributed by atoms with Gasteiger partial charge in [0.15, 0.2) is 11.6 Å². The van der Waals surface area contributed by atoms with Crippen molar-refractivity contribution in [2.45, 2.75) is 45.6 Å². The summed E-state index contributed by atoms with van der Waals surface area (Å²) in [4.78, 5) is 57.3. The summed E-state index contributed by atoms with van der Waals surface area (Å²) in [6.45, 7) is 5.82. The largest absolute Gasteiger partial charge is 0.454 e. The highest BCUT2D eigenvalue weighted by atomic mass is 19.1. The van der Waals surface area contributed by atoms with Gasteiger partial charge in [-0.1, -0.05) is 0 Å². The molecule has 1 aromatic carbocycles. The van der Waals surface area contributed by atoms with E-state index >= 15 is 4.39 Å². The van der Waals surface area contributed by atoms with Crippen LogP contribution in [0.2, 0.25) is 0 Å². The van der Waals surface area contributed by atoms with Crippen LogP contribution in [0.5, 0.6) is 11.5 Å². The van der Waals surface area contributed by atoms with E-state index in [1.54, 1.807) is 24.4 Å². The number of anilines is 4. The number of hydrogen-bond donors (Lipinski definition) is 2. The number of nitrogens with one attached hydrogen (secondary N) is 2. The van der Waals surface area contributed by atoms with Crippen LogP contribution in [0.1, 0.15) is 39.5 Å². The summed E-state index contributed by atoms with van der Waals surface area (Å²) in [6.07, 6.45) is 7.37. The van der Waals surface area contributed by atoms with Crippen LogP contribution in [0.4, 0.5) is 32.5 Å². The molecule has 12 nitrogen and oxygen atoms in total. The third-order valence-electron chi connectivity index (χ3n) is 7.94. The first-order valence-corrected chi connectivity index (χ1v) is 15.0. The van der Waals surface area contributed by atoms with Crippen LogP contribution in [0.15, 0.2) is 48.8 Å². The number of amides is 4. The molecule has 2 aliphatic heterocycles. The molecule has 1 aliphatic carbocycles. The normalized spacial score (nSPS) is 18.6. The number of carbonyl (C=O) groups excluding carboxylic acids is 3. The molecule has 6 rings (SSSR count). The number of aromatic nitrogens is 3. The second-order valence-corrected chi connectivity index (χ2v) is 11.6. The molecule has 3 aromatic rings. The number of benzene rings is 1. The van der Waals surface area contributed by atoms with Gasteiger partial charge in [0.05, 0.1) is 0 Å². The Kier molecular flexibility index (Phi) is 8.27.